The number of amides is 3. The number of aryl methyl sites for hydroxylation is 1. The maximum atomic E-state index is 13.3. The molecule has 1 aliphatic rings. The van der Waals surface area contributed by atoms with Crippen LogP contribution in [0.4, 0.5) is 9.18 Å². The Kier molecular flexibility index (Phi) is 5.56. The zero-order chi connectivity index (χ0) is 17.9. The third-order valence-electron chi connectivity index (χ3n) is 3.89. The molecule has 6 nitrogen and oxygen atoms in total. The number of nitrogens with zero attached hydrogens (tertiary/aromatic N) is 1. The molecule has 1 heterocycles. The number of carbonyl (C=O) groups excluding carboxylic acids is 3. The maximum Gasteiger partial charge on any atom is 0.324 e. The minimum atomic E-state index is -2.21. The molecule has 1 fully saturated rings. The molecule has 3 amide bonds. The Bertz CT molecular complexity index is 662. The van der Waals surface area contributed by atoms with E-state index in [1.807, 2.05) is 0 Å². The minimum absolute atomic E-state index is 0.0291. The van der Waals surface area contributed by atoms with Crippen molar-refractivity contribution in [3.8, 4) is 0 Å². The number of likely N-dealkylation sites (tertiary alicyclic amines) is 1. The zero-order valence-electron chi connectivity index (χ0n) is 13.1. The molecular weight excluding hydrogens is 339 g/mol. The smallest absolute Gasteiger partial charge is 0.324 e. The van der Waals surface area contributed by atoms with Gasteiger partial charge in [-0.2, -0.15) is 0 Å². The van der Waals surface area contributed by atoms with Crippen LogP contribution in [0, 0.1) is 5.82 Å². The van der Waals surface area contributed by atoms with E-state index < -0.39 is 29.1 Å². The first-order valence-electron chi connectivity index (χ1n) is 7.58. The van der Waals surface area contributed by atoms with Crippen LogP contribution < -0.4 is 5.32 Å². The molecular formula is C16H18ClFN2O4. The van der Waals surface area contributed by atoms with E-state index >= 15 is 0 Å². The summed E-state index contributed by atoms with van der Waals surface area (Å²) in [6.07, 6.45) is -0.177. The summed E-state index contributed by atoms with van der Waals surface area (Å²) >= 11 is 5.75. The van der Waals surface area contributed by atoms with Gasteiger partial charge in [0.1, 0.15) is 5.82 Å². The summed E-state index contributed by atoms with van der Waals surface area (Å²) in [5.74, 6) is -2.14. The van der Waals surface area contributed by atoms with Gasteiger partial charge in [-0.05, 0) is 37.1 Å². The summed E-state index contributed by atoms with van der Waals surface area (Å²) in [5, 5.41) is 13.0. The molecule has 0 aromatic heterocycles. The quantitative estimate of drug-likeness (QED) is 0.786. The van der Waals surface area contributed by atoms with Gasteiger partial charge in [0.25, 0.3) is 5.91 Å². The van der Waals surface area contributed by atoms with Crippen LogP contribution in [0.25, 0.3) is 0 Å². The number of carbonyl (C=O) groups is 3. The van der Waals surface area contributed by atoms with Gasteiger partial charge in [-0.15, -0.1) is 0 Å². The number of nitrogens with one attached hydrogen (secondary N) is 1. The Labute approximate surface area is 143 Å². The van der Waals surface area contributed by atoms with Gasteiger partial charge in [0.2, 0.25) is 5.60 Å². The van der Waals surface area contributed by atoms with Gasteiger partial charge in [-0.25, -0.2) is 9.18 Å². The Morgan fingerprint density at radius 3 is 2.75 bits per heavy atom. The Morgan fingerprint density at radius 2 is 2.12 bits per heavy atom. The van der Waals surface area contributed by atoms with Crippen molar-refractivity contribution < 1.29 is 23.9 Å². The van der Waals surface area contributed by atoms with Crippen molar-refractivity contribution in [1.82, 2.24) is 10.2 Å². The fourth-order valence-corrected chi connectivity index (χ4v) is 2.87. The molecule has 1 atom stereocenters. The van der Waals surface area contributed by atoms with E-state index in [4.69, 9.17) is 11.6 Å². The summed E-state index contributed by atoms with van der Waals surface area (Å²) < 4.78 is 13.3. The van der Waals surface area contributed by atoms with Gasteiger partial charge in [-0.3, -0.25) is 14.5 Å². The van der Waals surface area contributed by atoms with Gasteiger partial charge in [0, 0.05) is 31.0 Å². The molecule has 1 aromatic carbocycles. The molecule has 24 heavy (non-hydrogen) atoms. The van der Waals surface area contributed by atoms with E-state index in [-0.39, 0.29) is 30.8 Å². The van der Waals surface area contributed by atoms with Gasteiger partial charge >= 0.3 is 6.03 Å². The summed E-state index contributed by atoms with van der Waals surface area (Å²) in [6.45, 7) is 1.99. The van der Waals surface area contributed by atoms with Crippen molar-refractivity contribution >= 4 is 29.3 Å². The molecule has 0 spiro atoms. The first-order chi connectivity index (χ1) is 11.3. The Morgan fingerprint density at radius 1 is 1.42 bits per heavy atom. The Balaban J connectivity index is 2.03. The van der Waals surface area contributed by atoms with Crippen LogP contribution in [-0.2, 0) is 16.0 Å². The molecule has 2 N–H and O–H groups in total. The summed E-state index contributed by atoms with van der Waals surface area (Å²) in [6, 6.07) is 3.26. The van der Waals surface area contributed by atoms with Crippen molar-refractivity contribution in [3.63, 3.8) is 0 Å². The molecule has 8 heteroatoms. The second-order valence-corrected chi connectivity index (χ2v) is 6.04. The van der Waals surface area contributed by atoms with Crippen LogP contribution in [0.3, 0.4) is 0 Å². The Hall–Kier alpha value is -1.99. The normalized spacial score (nSPS) is 20.3. The van der Waals surface area contributed by atoms with Crippen LogP contribution in [0.15, 0.2) is 18.2 Å². The lowest BCUT2D eigenvalue weighted by atomic mass is 9.92. The first kappa shape index (κ1) is 18.4. The fourth-order valence-electron chi connectivity index (χ4n) is 2.62. The van der Waals surface area contributed by atoms with Crippen LogP contribution in [0.2, 0.25) is 5.02 Å². The first-order valence-corrected chi connectivity index (χ1v) is 7.96. The number of hydrogen-bond donors (Lipinski definition) is 2. The fraction of sp³-hybridized carbons (Fsp3) is 0.438. The minimum Gasteiger partial charge on any atom is -0.373 e. The van der Waals surface area contributed by atoms with Crippen molar-refractivity contribution in [2.75, 3.05) is 13.1 Å². The average Bonchev–Trinajstić information content (AvgIpc) is 2.81. The number of aliphatic hydroxyl groups is 1. The summed E-state index contributed by atoms with van der Waals surface area (Å²) in [4.78, 5) is 37.1. The number of urea groups is 1. The highest BCUT2D eigenvalue weighted by atomic mass is 35.5. The topological polar surface area (TPSA) is 86.7 Å². The molecule has 1 saturated heterocycles. The van der Waals surface area contributed by atoms with Crippen LogP contribution in [0.1, 0.15) is 25.3 Å². The number of ketones is 1. The van der Waals surface area contributed by atoms with Crippen molar-refractivity contribution in [1.29, 1.82) is 0 Å². The van der Waals surface area contributed by atoms with Gasteiger partial charge < -0.3 is 10.4 Å². The van der Waals surface area contributed by atoms with Crippen LogP contribution >= 0.6 is 11.6 Å². The molecule has 0 radical (unpaired) electrons. The van der Waals surface area contributed by atoms with Gasteiger partial charge in [-0.1, -0.05) is 11.6 Å². The molecule has 0 aliphatic carbocycles. The van der Waals surface area contributed by atoms with Crippen molar-refractivity contribution in [3.05, 3.63) is 34.6 Å². The highest BCUT2D eigenvalue weighted by molar-refractivity contribution is 6.30. The largest absolute Gasteiger partial charge is 0.373 e. The highest BCUT2D eigenvalue weighted by Gasteiger charge is 2.52. The summed E-state index contributed by atoms with van der Waals surface area (Å²) in [5.41, 5.74) is -1.72. The molecule has 1 aromatic rings. The third kappa shape index (κ3) is 3.73. The molecule has 2 rings (SSSR count). The molecule has 0 saturated carbocycles. The van der Waals surface area contributed by atoms with E-state index in [0.717, 1.165) is 11.0 Å². The SMILES string of the molecule is CCNC(=O)N1CCC(O)(C(=O)CCc2cc(F)cc(Cl)c2)C1=O. The lowest BCUT2D eigenvalue weighted by molar-refractivity contribution is -0.151. The number of halogens is 2. The molecule has 0 bridgehead atoms. The average molecular weight is 357 g/mol. The second kappa shape index (κ2) is 7.27. The van der Waals surface area contributed by atoms with Crippen LogP contribution in [-0.4, -0.2) is 46.4 Å². The van der Waals surface area contributed by atoms with Crippen LogP contribution in [0.5, 0.6) is 0 Å². The van der Waals surface area contributed by atoms with E-state index in [9.17, 15) is 23.9 Å². The number of Topliss-reactive ketones (excluding diaryl/α,β-unsaturated/α-hetero) is 1. The van der Waals surface area contributed by atoms with E-state index in [2.05, 4.69) is 5.32 Å². The van der Waals surface area contributed by atoms with E-state index in [1.54, 1.807) is 6.92 Å². The van der Waals surface area contributed by atoms with Crippen molar-refractivity contribution in [2.45, 2.75) is 31.8 Å². The summed E-state index contributed by atoms with van der Waals surface area (Å²) in [7, 11) is 0. The lowest BCUT2D eigenvalue weighted by Crippen LogP contribution is -2.50. The number of imide groups is 1. The monoisotopic (exact) mass is 356 g/mol. The molecule has 1 unspecified atom stereocenters. The highest BCUT2D eigenvalue weighted by Crippen LogP contribution is 2.26. The number of hydrogen-bond acceptors (Lipinski definition) is 4. The number of benzene rings is 1. The third-order valence-corrected chi connectivity index (χ3v) is 4.11. The van der Waals surface area contributed by atoms with E-state index in [1.165, 1.54) is 12.1 Å². The zero-order valence-corrected chi connectivity index (χ0v) is 13.9. The predicted molar refractivity (Wildman–Crippen MR) is 85.1 cm³/mol. The lowest BCUT2D eigenvalue weighted by Gasteiger charge is -2.20. The predicted octanol–water partition coefficient (Wildman–Crippen LogP) is 1.67. The second-order valence-electron chi connectivity index (χ2n) is 5.60. The van der Waals surface area contributed by atoms with Crippen molar-refractivity contribution in [2.24, 2.45) is 0 Å². The maximum absolute atomic E-state index is 13.3. The molecule has 130 valence electrons. The van der Waals surface area contributed by atoms with E-state index in [0.29, 0.717) is 12.1 Å². The number of rotatable bonds is 5. The molecule has 1 aliphatic heterocycles. The van der Waals surface area contributed by atoms with Gasteiger partial charge in [0.15, 0.2) is 5.78 Å². The standard InChI is InChI=1S/C16H18ClFN2O4/c1-2-19-15(23)20-6-5-16(24,14(20)22)13(21)4-3-10-7-11(17)9-12(18)8-10/h7-9,24H,2-6H2,1H3,(H,19,23). The van der Waals surface area contributed by atoms with Gasteiger partial charge in [0.05, 0.1) is 0 Å².